The Kier molecular flexibility index (Phi) is 11.6. The summed E-state index contributed by atoms with van der Waals surface area (Å²) in [5.74, 6) is -1.00. The molecule has 1 aliphatic rings. The first-order chi connectivity index (χ1) is 19.1. The summed E-state index contributed by atoms with van der Waals surface area (Å²) in [6, 6.07) is 12.2. The van der Waals surface area contributed by atoms with E-state index in [1.165, 1.54) is 48.5 Å². The molecule has 3 N–H and O–H groups in total. The van der Waals surface area contributed by atoms with Crippen molar-refractivity contribution in [2.75, 3.05) is 17.3 Å². The van der Waals surface area contributed by atoms with Crippen LogP contribution in [0.25, 0.3) is 0 Å². The van der Waals surface area contributed by atoms with Crippen molar-refractivity contribution in [1.82, 2.24) is 15.2 Å². The molecule has 214 valence electrons. The normalized spacial score (nSPS) is 11.6. The second kappa shape index (κ2) is 14.6. The van der Waals surface area contributed by atoms with Crippen LogP contribution in [-0.2, 0) is 16.6 Å². The molecule has 3 amide bonds. The number of hydrogen-bond acceptors (Lipinski definition) is 5. The monoisotopic (exact) mass is 551 g/mol. The van der Waals surface area contributed by atoms with E-state index in [0.717, 1.165) is 17.5 Å². The number of benzene rings is 2. The number of anilines is 4. The van der Waals surface area contributed by atoms with Gasteiger partial charge in [0.1, 0.15) is 17.2 Å². The Balaban J connectivity index is 0.000000609. The van der Waals surface area contributed by atoms with Gasteiger partial charge >= 0.3 is 0 Å². The number of hydrogen-bond donors (Lipinski definition) is 3. The number of carbonyl (C=O) groups is 3. The van der Waals surface area contributed by atoms with Crippen molar-refractivity contribution in [1.29, 1.82) is 0 Å². The second-order valence-electron chi connectivity index (χ2n) is 9.12. The van der Waals surface area contributed by atoms with E-state index in [4.69, 9.17) is 0 Å². The fourth-order valence-corrected chi connectivity index (χ4v) is 3.93. The van der Waals surface area contributed by atoms with Crippen LogP contribution in [-0.4, -0.2) is 36.4 Å². The van der Waals surface area contributed by atoms with Crippen LogP contribution in [0.5, 0.6) is 0 Å². The minimum atomic E-state index is -0.534. The summed E-state index contributed by atoms with van der Waals surface area (Å²) in [4.78, 5) is 49.1. The van der Waals surface area contributed by atoms with E-state index in [1.807, 2.05) is 26.8 Å². The van der Waals surface area contributed by atoms with Gasteiger partial charge in [0.05, 0.1) is 11.4 Å². The first kappa shape index (κ1) is 31.7. The molecule has 0 atom stereocenters. The Bertz CT molecular complexity index is 1420. The standard InChI is InChI=1S/C24H25FN4O3.C4H7NO.C2H6/c1-14-7-6-8-17(11-14)29(13-30)21-16(3)24(32)28(5)22(20(21)23(31)26-4)27-19-10-9-15(2)12-18(19)25;6-3-5-4-1-2-4;1-2/h6-13,27H,1-5H3,(H,26,31);3-4H,1-2H2,(H,5,6);1-2H3. The first-order valence-corrected chi connectivity index (χ1v) is 13.1. The maximum absolute atomic E-state index is 14.6. The van der Waals surface area contributed by atoms with Gasteiger partial charge in [-0.25, -0.2) is 4.39 Å². The van der Waals surface area contributed by atoms with Crippen molar-refractivity contribution in [3.63, 3.8) is 0 Å². The Morgan fingerprint density at radius 3 is 2.20 bits per heavy atom. The lowest BCUT2D eigenvalue weighted by Crippen LogP contribution is -2.33. The van der Waals surface area contributed by atoms with Gasteiger partial charge in [-0.1, -0.05) is 32.0 Å². The van der Waals surface area contributed by atoms with Gasteiger partial charge in [0.15, 0.2) is 0 Å². The molecule has 0 radical (unpaired) electrons. The molecule has 1 aliphatic carbocycles. The largest absolute Gasteiger partial charge is 0.356 e. The van der Waals surface area contributed by atoms with Gasteiger partial charge in [0, 0.05) is 31.4 Å². The summed E-state index contributed by atoms with van der Waals surface area (Å²) in [5.41, 5.74) is 2.16. The number of amides is 3. The fourth-order valence-electron chi connectivity index (χ4n) is 3.93. The number of nitrogens with one attached hydrogen (secondary N) is 3. The third-order valence-corrected chi connectivity index (χ3v) is 6.13. The molecule has 1 fully saturated rings. The SMILES string of the molecule is CC.CNC(=O)c1c(N(C=O)c2cccc(C)c2)c(C)c(=O)n(C)c1Nc1ccc(C)cc1F.O=CNC1CC1. The molecule has 1 saturated carbocycles. The molecule has 0 saturated heterocycles. The maximum atomic E-state index is 14.6. The van der Waals surface area contributed by atoms with E-state index in [9.17, 15) is 23.6 Å². The number of carbonyl (C=O) groups excluding carboxylic acids is 3. The third kappa shape index (κ3) is 7.56. The zero-order chi connectivity index (χ0) is 30.0. The molecule has 10 heteroatoms. The topological polar surface area (TPSA) is 113 Å². The molecule has 0 spiro atoms. The highest BCUT2D eigenvalue weighted by Crippen LogP contribution is 2.35. The van der Waals surface area contributed by atoms with E-state index in [1.54, 1.807) is 38.1 Å². The Labute approximate surface area is 234 Å². The van der Waals surface area contributed by atoms with E-state index in [2.05, 4.69) is 16.0 Å². The Hall–Kier alpha value is -4.47. The number of aryl methyl sites for hydroxylation is 2. The highest BCUT2D eigenvalue weighted by atomic mass is 19.1. The molecule has 2 aromatic carbocycles. The molecule has 3 aromatic rings. The van der Waals surface area contributed by atoms with Crippen molar-refractivity contribution >= 4 is 41.6 Å². The van der Waals surface area contributed by atoms with E-state index in [-0.39, 0.29) is 28.3 Å². The summed E-state index contributed by atoms with van der Waals surface area (Å²) in [5, 5.41) is 8.08. The average Bonchev–Trinajstić information content (AvgIpc) is 3.77. The predicted octanol–water partition coefficient (Wildman–Crippen LogP) is 4.77. The Morgan fingerprint density at radius 2 is 1.70 bits per heavy atom. The second-order valence-corrected chi connectivity index (χ2v) is 9.12. The van der Waals surface area contributed by atoms with Crippen molar-refractivity contribution < 1.29 is 18.8 Å². The lowest BCUT2D eigenvalue weighted by Gasteiger charge is -2.26. The van der Waals surface area contributed by atoms with Crippen LogP contribution in [0.2, 0.25) is 0 Å². The third-order valence-electron chi connectivity index (χ3n) is 6.13. The molecule has 1 aromatic heterocycles. The summed E-state index contributed by atoms with van der Waals surface area (Å²) in [7, 11) is 2.93. The summed E-state index contributed by atoms with van der Waals surface area (Å²) in [6.45, 7) is 9.18. The molecule has 0 aliphatic heterocycles. The summed E-state index contributed by atoms with van der Waals surface area (Å²) in [6.07, 6.45) is 3.67. The van der Waals surface area contributed by atoms with Crippen molar-refractivity contribution in [3.8, 4) is 0 Å². The van der Waals surface area contributed by atoms with Crippen LogP contribution in [0.4, 0.5) is 27.3 Å². The number of pyridine rings is 1. The van der Waals surface area contributed by atoms with Crippen LogP contribution in [0.3, 0.4) is 0 Å². The van der Waals surface area contributed by atoms with Crippen molar-refractivity contribution in [3.05, 3.63) is 80.9 Å². The quantitative estimate of drug-likeness (QED) is 0.349. The molecule has 0 unspecified atom stereocenters. The summed E-state index contributed by atoms with van der Waals surface area (Å²) < 4.78 is 15.8. The molecular formula is C30H38FN5O4. The molecule has 9 nitrogen and oxygen atoms in total. The van der Waals surface area contributed by atoms with Crippen molar-refractivity contribution in [2.24, 2.45) is 7.05 Å². The molecule has 0 bridgehead atoms. The Morgan fingerprint density at radius 1 is 1.05 bits per heavy atom. The fraction of sp³-hybridized carbons (Fsp3) is 0.333. The zero-order valence-corrected chi connectivity index (χ0v) is 24.1. The van der Waals surface area contributed by atoms with Crippen LogP contribution in [0.1, 0.15) is 53.7 Å². The van der Waals surface area contributed by atoms with E-state index < -0.39 is 17.3 Å². The first-order valence-electron chi connectivity index (χ1n) is 13.1. The molecule has 1 heterocycles. The minimum Gasteiger partial charge on any atom is -0.356 e. The molecule has 40 heavy (non-hydrogen) atoms. The van der Waals surface area contributed by atoms with Crippen molar-refractivity contribution in [2.45, 2.75) is 53.5 Å². The van der Waals surface area contributed by atoms with Gasteiger partial charge in [-0.05, 0) is 69.0 Å². The number of rotatable bonds is 8. The van der Waals surface area contributed by atoms with Crippen LogP contribution < -0.4 is 26.4 Å². The van der Waals surface area contributed by atoms with Crippen LogP contribution in [0, 0.1) is 26.6 Å². The molecular weight excluding hydrogens is 513 g/mol. The minimum absolute atomic E-state index is 0.0423. The smallest absolute Gasteiger partial charge is 0.256 e. The number of nitrogens with zero attached hydrogens (tertiary/aromatic N) is 2. The van der Waals surface area contributed by atoms with E-state index in [0.29, 0.717) is 18.1 Å². The van der Waals surface area contributed by atoms with Crippen LogP contribution in [0.15, 0.2) is 47.3 Å². The summed E-state index contributed by atoms with van der Waals surface area (Å²) >= 11 is 0. The lowest BCUT2D eigenvalue weighted by atomic mass is 10.1. The van der Waals surface area contributed by atoms with Gasteiger partial charge in [-0.2, -0.15) is 0 Å². The average molecular weight is 552 g/mol. The van der Waals surface area contributed by atoms with Gasteiger partial charge in [0.25, 0.3) is 11.5 Å². The molecule has 4 rings (SSSR count). The highest BCUT2D eigenvalue weighted by Gasteiger charge is 2.28. The van der Waals surface area contributed by atoms with Crippen LogP contribution >= 0.6 is 0 Å². The van der Waals surface area contributed by atoms with Gasteiger partial charge < -0.3 is 16.0 Å². The van der Waals surface area contributed by atoms with Gasteiger partial charge in [0.2, 0.25) is 12.8 Å². The lowest BCUT2D eigenvalue weighted by molar-refractivity contribution is -0.109. The van der Waals surface area contributed by atoms with Gasteiger partial charge in [-0.3, -0.25) is 28.6 Å². The highest BCUT2D eigenvalue weighted by molar-refractivity contribution is 6.08. The maximum Gasteiger partial charge on any atom is 0.256 e. The zero-order valence-electron chi connectivity index (χ0n) is 24.1. The van der Waals surface area contributed by atoms with Gasteiger partial charge in [-0.15, -0.1) is 0 Å². The van der Waals surface area contributed by atoms with E-state index >= 15 is 0 Å². The number of halogens is 1. The number of aromatic nitrogens is 1. The predicted molar refractivity (Wildman–Crippen MR) is 157 cm³/mol.